The molecule has 0 saturated carbocycles. The number of ether oxygens (including phenoxy) is 1. The maximum absolute atomic E-state index is 15.9. The van der Waals surface area contributed by atoms with Crippen molar-refractivity contribution in [3.8, 4) is 51.0 Å². The quantitative estimate of drug-likeness (QED) is 0.0818. The molecule has 0 aliphatic carbocycles. The molecule has 270 valence electrons. The van der Waals surface area contributed by atoms with Gasteiger partial charge in [-0.3, -0.25) is 0 Å². The van der Waals surface area contributed by atoms with E-state index in [-0.39, 0.29) is 22.1 Å². The van der Waals surface area contributed by atoms with Gasteiger partial charge in [-0.1, -0.05) is 38.5 Å². The zero-order valence-electron chi connectivity index (χ0n) is 29.0. The first-order chi connectivity index (χ1) is 25.4. The minimum atomic E-state index is -1.44. The topological polar surface area (TPSA) is 9.23 Å². The van der Waals surface area contributed by atoms with E-state index in [9.17, 15) is 8.78 Å². The van der Waals surface area contributed by atoms with Crippen LogP contribution in [0.25, 0.3) is 44.2 Å². The molecule has 6 aromatic carbocycles. The molecule has 0 unspecified atom stereocenters. The SMILES string of the molecule is CCCCOc1ccc(C#Cc2cc(F)c(-c3cc(F)c4c(F)c(-c5cc(F)c(-c6cc(F)c(C)c(F)c6)c(F)c5)c(F)cc4c3)cc2CCC)cc1. The standard InChI is InChI=1S/C44H32F8O/c1-4-6-14-53-32-12-9-25(10-13-32)8-11-27-17-36(47)33(16-26(27)7-5-2)28-15-29-21-40(51)43(44(52)42(29)39(50)18-28)31-22-37(48)41(38(49)23-31)30-19-34(45)24(3)35(46)20-30/h9-10,12-13,15-23H,4-7,14H2,1-3H3. The molecule has 0 radical (unpaired) electrons. The van der Waals surface area contributed by atoms with Gasteiger partial charge in [-0.15, -0.1) is 0 Å². The zero-order chi connectivity index (χ0) is 38.0. The third kappa shape index (κ3) is 7.64. The number of fused-ring (bicyclic) bond motifs is 1. The highest BCUT2D eigenvalue weighted by molar-refractivity contribution is 5.93. The van der Waals surface area contributed by atoms with Gasteiger partial charge in [0.2, 0.25) is 0 Å². The van der Waals surface area contributed by atoms with Crippen molar-refractivity contribution < 1.29 is 39.9 Å². The Labute approximate surface area is 301 Å². The highest BCUT2D eigenvalue weighted by Crippen LogP contribution is 2.39. The van der Waals surface area contributed by atoms with Crippen molar-refractivity contribution in [1.29, 1.82) is 0 Å². The van der Waals surface area contributed by atoms with Gasteiger partial charge < -0.3 is 4.74 Å². The molecule has 0 saturated heterocycles. The number of rotatable bonds is 9. The summed E-state index contributed by atoms with van der Waals surface area (Å²) in [6.45, 7) is 5.77. The van der Waals surface area contributed by atoms with E-state index in [0.29, 0.717) is 48.3 Å². The van der Waals surface area contributed by atoms with Crippen molar-refractivity contribution in [2.75, 3.05) is 6.61 Å². The van der Waals surface area contributed by atoms with Crippen LogP contribution >= 0.6 is 0 Å². The smallest absolute Gasteiger partial charge is 0.144 e. The third-order valence-corrected chi connectivity index (χ3v) is 8.97. The maximum Gasteiger partial charge on any atom is 0.144 e. The average Bonchev–Trinajstić information content (AvgIpc) is 3.10. The van der Waals surface area contributed by atoms with Crippen LogP contribution in [0.3, 0.4) is 0 Å². The average molecular weight is 729 g/mol. The van der Waals surface area contributed by atoms with E-state index in [4.69, 9.17) is 4.74 Å². The first kappa shape index (κ1) is 37.1. The normalized spacial score (nSPS) is 11.2. The number of hydrogen-bond donors (Lipinski definition) is 0. The van der Waals surface area contributed by atoms with Crippen LogP contribution in [0.15, 0.2) is 78.9 Å². The second-order valence-corrected chi connectivity index (χ2v) is 12.7. The zero-order valence-corrected chi connectivity index (χ0v) is 29.0. The van der Waals surface area contributed by atoms with E-state index in [1.807, 2.05) is 19.1 Å². The van der Waals surface area contributed by atoms with Crippen molar-refractivity contribution in [3.63, 3.8) is 0 Å². The molecule has 1 nitrogen and oxygen atoms in total. The Morgan fingerprint density at radius 1 is 0.566 bits per heavy atom. The van der Waals surface area contributed by atoms with E-state index < -0.39 is 74.2 Å². The van der Waals surface area contributed by atoms with Crippen LogP contribution in [0.4, 0.5) is 35.1 Å². The van der Waals surface area contributed by atoms with Gasteiger partial charge >= 0.3 is 0 Å². The van der Waals surface area contributed by atoms with Crippen LogP contribution in [0.2, 0.25) is 0 Å². The fourth-order valence-corrected chi connectivity index (χ4v) is 6.16. The molecule has 6 rings (SSSR count). The number of hydrogen-bond acceptors (Lipinski definition) is 1. The summed E-state index contributed by atoms with van der Waals surface area (Å²) in [5.41, 5.74) is -1.35. The molecular weight excluding hydrogens is 696 g/mol. The van der Waals surface area contributed by atoms with E-state index in [0.717, 1.165) is 49.8 Å². The molecule has 0 aromatic heterocycles. The fraction of sp³-hybridized carbons (Fsp3) is 0.182. The van der Waals surface area contributed by atoms with E-state index in [1.54, 1.807) is 12.1 Å². The van der Waals surface area contributed by atoms with Gasteiger partial charge in [0, 0.05) is 22.3 Å². The van der Waals surface area contributed by atoms with Gasteiger partial charge in [0.25, 0.3) is 0 Å². The van der Waals surface area contributed by atoms with Crippen molar-refractivity contribution in [3.05, 3.63) is 148 Å². The minimum Gasteiger partial charge on any atom is -0.494 e. The molecule has 0 N–H and O–H groups in total. The predicted octanol–water partition coefficient (Wildman–Crippen LogP) is 12.8. The molecule has 53 heavy (non-hydrogen) atoms. The fourth-order valence-electron chi connectivity index (χ4n) is 6.16. The van der Waals surface area contributed by atoms with E-state index in [2.05, 4.69) is 18.8 Å². The third-order valence-electron chi connectivity index (χ3n) is 8.97. The molecular formula is C44H32F8O. The Kier molecular flexibility index (Phi) is 10.9. The lowest BCUT2D eigenvalue weighted by atomic mass is 9.92. The molecule has 0 heterocycles. The summed E-state index contributed by atoms with van der Waals surface area (Å²) < 4.78 is 127. The molecule has 9 heteroatoms. The molecule has 0 amide bonds. The first-order valence-corrected chi connectivity index (χ1v) is 17.0. The number of benzene rings is 6. The maximum atomic E-state index is 15.9. The van der Waals surface area contributed by atoms with Crippen LogP contribution in [0.5, 0.6) is 5.75 Å². The van der Waals surface area contributed by atoms with Gasteiger partial charge in [-0.2, -0.15) is 0 Å². The second kappa shape index (κ2) is 15.5. The lowest BCUT2D eigenvalue weighted by Crippen LogP contribution is -2.00. The van der Waals surface area contributed by atoms with Crippen molar-refractivity contribution >= 4 is 10.8 Å². The largest absolute Gasteiger partial charge is 0.494 e. The summed E-state index contributed by atoms with van der Waals surface area (Å²) in [6, 6.07) is 15.6. The Morgan fingerprint density at radius 2 is 1.17 bits per heavy atom. The summed E-state index contributed by atoms with van der Waals surface area (Å²) in [5.74, 6) is -2.62. The highest BCUT2D eigenvalue weighted by Gasteiger charge is 2.24. The van der Waals surface area contributed by atoms with Gasteiger partial charge in [0.1, 0.15) is 52.3 Å². The number of aryl methyl sites for hydroxylation is 1. The monoisotopic (exact) mass is 728 g/mol. The molecule has 0 spiro atoms. The van der Waals surface area contributed by atoms with Crippen LogP contribution < -0.4 is 4.74 Å². The van der Waals surface area contributed by atoms with E-state index in [1.165, 1.54) is 18.2 Å². The Morgan fingerprint density at radius 3 is 1.81 bits per heavy atom. The van der Waals surface area contributed by atoms with E-state index >= 15 is 26.3 Å². The minimum absolute atomic E-state index is 0.00794. The van der Waals surface area contributed by atoms with Crippen molar-refractivity contribution in [2.24, 2.45) is 0 Å². The van der Waals surface area contributed by atoms with Gasteiger partial charge in [0.05, 0.1) is 23.1 Å². The van der Waals surface area contributed by atoms with Gasteiger partial charge in [-0.05, 0) is 126 Å². The summed E-state index contributed by atoms with van der Waals surface area (Å²) in [6.07, 6.45) is 3.17. The molecule has 0 bridgehead atoms. The second-order valence-electron chi connectivity index (χ2n) is 12.7. The van der Waals surface area contributed by atoms with Crippen LogP contribution in [0, 0.1) is 65.3 Å². The number of unbranched alkanes of at least 4 members (excludes halogenated alkanes) is 1. The predicted molar refractivity (Wildman–Crippen MR) is 191 cm³/mol. The Balaban J connectivity index is 1.36. The summed E-state index contributed by atoms with van der Waals surface area (Å²) in [7, 11) is 0. The Hall–Kier alpha value is -5.62. The van der Waals surface area contributed by atoms with Gasteiger partial charge in [-0.25, -0.2) is 35.1 Å². The number of halogens is 8. The first-order valence-electron chi connectivity index (χ1n) is 17.0. The molecule has 0 atom stereocenters. The summed E-state index contributed by atoms with van der Waals surface area (Å²) >= 11 is 0. The molecule has 0 aliphatic rings. The molecule has 6 aromatic rings. The van der Waals surface area contributed by atoms with Crippen LogP contribution in [-0.4, -0.2) is 6.61 Å². The van der Waals surface area contributed by atoms with Crippen molar-refractivity contribution in [1.82, 2.24) is 0 Å². The van der Waals surface area contributed by atoms with Crippen LogP contribution in [-0.2, 0) is 6.42 Å². The lowest BCUT2D eigenvalue weighted by Gasteiger charge is -2.14. The van der Waals surface area contributed by atoms with Crippen LogP contribution in [0.1, 0.15) is 55.4 Å². The summed E-state index contributed by atoms with van der Waals surface area (Å²) in [4.78, 5) is 0. The van der Waals surface area contributed by atoms with Crippen molar-refractivity contribution in [2.45, 2.75) is 46.5 Å². The lowest BCUT2D eigenvalue weighted by molar-refractivity contribution is 0.309. The molecule has 0 fully saturated rings. The molecule has 0 aliphatic heterocycles. The summed E-state index contributed by atoms with van der Waals surface area (Å²) in [5, 5.41) is -0.944. The highest BCUT2D eigenvalue weighted by atomic mass is 19.2. The van der Waals surface area contributed by atoms with Gasteiger partial charge in [0.15, 0.2) is 0 Å². The Bertz CT molecular complexity index is 2380.